The van der Waals surface area contributed by atoms with E-state index in [-0.39, 0.29) is 0 Å². The molecule has 0 radical (unpaired) electrons. The molecule has 0 aliphatic carbocycles. The normalized spacial score (nSPS) is 11.1. The molecule has 0 atom stereocenters. The molecular formula is HNO5S2. The van der Waals surface area contributed by atoms with Crippen LogP contribution in [0.4, 0.5) is 0 Å². The van der Waals surface area contributed by atoms with Crippen LogP contribution in [0.15, 0.2) is 0 Å². The molecular weight excluding hydrogens is 158 g/mol. The fourth-order valence-electron chi connectivity index (χ4n) is 0.0272. The number of rotatable bonds is 2. The summed E-state index contributed by atoms with van der Waals surface area (Å²) < 4.78 is 21.0. The molecule has 8 heavy (non-hydrogen) atoms. The Balaban J connectivity index is 4.42. The second-order valence-electron chi connectivity index (χ2n) is 0.726. The van der Waals surface area contributed by atoms with Gasteiger partial charge >= 0.3 is 10.3 Å². The summed E-state index contributed by atoms with van der Waals surface area (Å²) in [5.41, 5.74) is 0. The average Bonchev–Trinajstić information content (AvgIpc) is 1.67. The van der Waals surface area contributed by atoms with Crippen LogP contribution in [-0.4, -0.2) is 12.7 Å². The molecule has 0 aliphatic heterocycles. The van der Waals surface area contributed by atoms with Gasteiger partial charge in [0, 0.05) is 12.9 Å². The Hall–Kier alpha value is -0.340. The molecule has 0 N–H and O–H groups in total. The highest BCUT2D eigenvalue weighted by atomic mass is 32.3. The fraction of sp³-hybridized carbons (Fsp3) is 0. The monoisotopic (exact) mass is 159 g/mol. The molecule has 0 unspecified atom stereocenters. The maximum absolute atomic E-state index is 9.70. The molecule has 0 bridgehead atoms. The third kappa shape index (κ3) is 1.64. The van der Waals surface area contributed by atoms with Gasteiger partial charge in [0.25, 0.3) is 0 Å². The van der Waals surface area contributed by atoms with Crippen molar-refractivity contribution in [2.45, 2.75) is 0 Å². The second-order valence-corrected chi connectivity index (χ2v) is 2.48. The molecule has 0 spiro atoms. The van der Waals surface area contributed by atoms with Crippen LogP contribution in [0.25, 0.3) is 0 Å². The summed E-state index contributed by atoms with van der Waals surface area (Å²) in [7, 11) is -4.65. The number of nitro groups is 1. The van der Waals surface area contributed by atoms with Gasteiger partial charge in [-0.15, -0.1) is 12.0 Å². The third-order valence-electron chi connectivity index (χ3n) is 0.277. The number of hydrogen-bond donors (Lipinski definition) is 1. The van der Waals surface area contributed by atoms with Gasteiger partial charge in [0.05, 0.1) is 0 Å². The molecule has 0 aliphatic rings. The van der Waals surface area contributed by atoms with Crippen molar-refractivity contribution >= 4 is 23.2 Å². The first-order valence-electron chi connectivity index (χ1n) is 1.23. The molecule has 0 aromatic rings. The number of hydrogen-bond acceptors (Lipinski definition) is 6. The zero-order valence-corrected chi connectivity index (χ0v) is 5.05. The van der Waals surface area contributed by atoms with E-state index in [9.17, 15) is 18.5 Å². The van der Waals surface area contributed by atoms with Crippen LogP contribution >= 0.6 is 12.9 Å². The summed E-state index contributed by atoms with van der Waals surface area (Å²) in [6.07, 6.45) is 0. The predicted molar refractivity (Wildman–Crippen MR) is 26.0 cm³/mol. The summed E-state index contributed by atoms with van der Waals surface area (Å²) in [6.45, 7) is 0. The third-order valence-corrected chi connectivity index (χ3v) is 1.40. The zero-order chi connectivity index (χ0) is 6.78. The van der Waals surface area contributed by atoms with Crippen molar-refractivity contribution in [2.24, 2.45) is 0 Å². The van der Waals surface area contributed by atoms with Crippen molar-refractivity contribution in [1.29, 1.82) is 0 Å². The molecule has 48 valence electrons. The van der Waals surface area contributed by atoms with E-state index in [1.807, 2.05) is 0 Å². The lowest BCUT2D eigenvalue weighted by molar-refractivity contribution is -0.314. The van der Waals surface area contributed by atoms with Crippen LogP contribution < -0.4 is 0 Å². The van der Waals surface area contributed by atoms with E-state index in [1.165, 1.54) is 0 Å². The van der Waals surface area contributed by atoms with Crippen LogP contribution in [0.5, 0.6) is 0 Å². The first-order chi connectivity index (χ1) is 3.50. The Morgan fingerprint density at radius 2 is 2.00 bits per heavy atom. The van der Waals surface area contributed by atoms with E-state index in [0.29, 0.717) is 0 Å². The van der Waals surface area contributed by atoms with Crippen molar-refractivity contribution in [3.8, 4) is 0 Å². The van der Waals surface area contributed by atoms with E-state index >= 15 is 0 Å². The quantitative estimate of drug-likeness (QED) is 0.251. The minimum absolute atomic E-state index is 1.58. The summed E-state index contributed by atoms with van der Waals surface area (Å²) >= 11 is 2.71. The van der Waals surface area contributed by atoms with E-state index in [1.54, 1.807) is 0 Å². The fourth-order valence-corrected chi connectivity index (χ4v) is 0.245. The Labute approximate surface area is 50.5 Å². The Bertz CT molecular complexity index is 177. The molecule has 0 heterocycles. The lowest BCUT2D eigenvalue weighted by atomic mass is 13.4. The van der Waals surface area contributed by atoms with Gasteiger partial charge < -0.3 is 0 Å². The minimum atomic E-state index is -4.65. The van der Waals surface area contributed by atoms with Crippen molar-refractivity contribution in [2.75, 3.05) is 0 Å². The van der Waals surface area contributed by atoms with Gasteiger partial charge in [0.1, 0.15) is 0 Å². The van der Waals surface area contributed by atoms with Crippen LogP contribution in [0.2, 0.25) is 0 Å². The molecule has 0 saturated heterocycles. The van der Waals surface area contributed by atoms with Gasteiger partial charge in [0.15, 0.2) is 4.33 Å². The highest BCUT2D eigenvalue weighted by Gasteiger charge is 2.22. The highest BCUT2D eigenvalue weighted by Crippen LogP contribution is 1.94. The van der Waals surface area contributed by atoms with Crippen molar-refractivity contribution in [1.82, 2.24) is 0 Å². The predicted octanol–water partition coefficient (Wildman–Crippen LogP) is -0.631. The molecule has 0 saturated carbocycles. The molecule has 0 amide bonds. The van der Waals surface area contributed by atoms with Gasteiger partial charge in [0.2, 0.25) is 0 Å². The van der Waals surface area contributed by atoms with Gasteiger partial charge in [-0.05, 0) is 0 Å². The van der Waals surface area contributed by atoms with Crippen LogP contribution in [0.1, 0.15) is 0 Å². The van der Waals surface area contributed by atoms with E-state index in [4.69, 9.17) is 0 Å². The molecule has 0 rings (SSSR count). The zero-order valence-electron chi connectivity index (χ0n) is 3.34. The molecule has 0 aromatic carbocycles. The van der Waals surface area contributed by atoms with Crippen molar-refractivity contribution in [3.63, 3.8) is 0 Å². The number of thiol groups is 1. The largest absolute Gasteiger partial charge is 0.577 e. The molecule has 6 nitrogen and oxygen atoms in total. The standard InChI is InChI=1S/HNO5S2/c2-1(3)8(4,5)6-7/h7H. The summed E-state index contributed by atoms with van der Waals surface area (Å²) in [5, 5.41) is 9.30. The Morgan fingerprint density at radius 1 is 1.62 bits per heavy atom. The lowest BCUT2D eigenvalue weighted by Crippen LogP contribution is -2.10. The molecule has 0 fully saturated rings. The minimum Gasteiger partial charge on any atom is -0.245 e. The van der Waals surface area contributed by atoms with Crippen molar-refractivity contribution < 1.29 is 16.4 Å². The van der Waals surface area contributed by atoms with E-state index in [2.05, 4.69) is 16.5 Å². The van der Waals surface area contributed by atoms with Gasteiger partial charge in [-0.25, -0.2) is 10.1 Å². The highest BCUT2D eigenvalue weighted by molar-refractivity contribution is 7.91. The van der Waals surface area contributed by atoms with Crippen LogP contribution in [-0.2, 0) is 13.9 Å². The van der Waals surface area contributed by atoms with Crippen molar-refractivity contribution in [3.05, 3.63) is 10.1 Å². The molecule has 0 aromatic heterocycles. The van der Waals surface area contributed by atoms with E-state index in [0.717, 1.165) is 0 Å². The average molecular weight is 159 g/mol. The summed E-state index contributed by atoms with van der Waals surface area (Å²) in [5.74, 6) is 0. The van der Waals surface area contributed by atoms with Gasteiger partial charge in [-0.3, -0.25) is 0 Å². The van der Waals surface area contributed by atoms with E-state index < -0.39 is 14.6 Å². The summed E-state index contributed by atoms with van der Waals surface area (Å²) in [4.78, 5) is 9.30. The van der Waals surface area contributed by atoms with Crippen LogP contribution in [0, 0.1) is 10.1 Å². The first kappa shape index (κ1) is 7.66. The van der Waals surface area contributed by atoms with Gasteiger partial charge in [-0.2, -0.15) is 0 Å². The molecule has 8 heteroatoms. The Morgan fingerprint density at radius 3 is 2.00 bits per heavy atom. The topological polar surface area (TPSA) is 86.5 Å². The maximum atomic E-state index is 9.70. The lowest BCUT2D eigenvalue weighted by Gasteiger charge is -1.83. The SMILES string of the molecule is O=[N+]([O-])S(=O)(=O)OS. The van der Waals surface area contributed by atoms with Crippen LogP contribution in [0.3, 0.4) is 0 Å². The smallest absolute Gasteiger partial charge is 0.245 e. The Kier molecular flexibility index (Phi) is 2.19. The maximum Gasteiger partial charge on any atom is 0.577 e. The van der Waals surface area contributed by atoms with Gasteiger partial charge in [-0.1, -0.05) is 0 Å². The first-order valence-corrected chi connectivity index (χ1v) is 2.96. The second kappa shape index (κ2) is 2.29. The summed E-state index contributed by atoms with van der Waals surface area (Å²) in [6, 6.07) is 0. The number of nitrogens with zero attached hydrogens (tertiary/aromatic N) is 1.